The molecule has 2 heterocycles. The molecule has 8 heteroatoms. The van der Waals surface area contributed by atoms with Crippen molar-refractivity contribution in [3.8, 4) is 11.4 Å². The van der Waals surface area contributed by atoms with Crippen LogP contribution >= 0.6 is 11.3 Å². The Morgan fingerprint density at radius 3 is 2.43 bits per heavy atom. The Hall–Kier alpha value is -3.13. The van der Waals surface area contributed by atoms with E-state index in [4.69, 9.17) is 0 Å². The molecule has 0 atom stereocenters. The van der Waals surface area contributed by atoms with Gasteiger partial charge in [0.25, 0.3) is 0 Å². The van der Waals surface area contributed by atoms with Crippen LogP contribution in [0.1, 0.15) is 11.3 Å². The van der Waals surface area contributed by atoms with Crippen LogP contribution in [0.5, 0.6) is 0 Å². The summed E-state index contributed by atoms with van der Waals surface area (Å²) in [6.07, 6.45) is 0.804. The van der Waals surface area contributed by atoms with Crippen LogP contribution in [-0.4, -0.2) is 27.0 Å². The number of carbonyl (C=O) groups excluding carboxylic acids is 1. The summed E-state index contributed by atoms with van der Waals surface area (Å²) in [5.74, 6) is -0.211. The molecule has 142 valence electrons. The molecule has 28 heavy (non-hydrogen) atoms. The average molecular weight is 398 g/mol. The number of aromatic nitrogens is 3. The third-order valence-electron chi connectivity index (χ3n) is 4.23. The van der Waals surface area contributed by atoms with Gasteiger partial charge in [0.2, 0.25) is 10.9 Å². The lowest BCUT2D eigenvalue weighted by atomic mass is 10.1. The highest BCUT2D eigenvalue weighted by atomic mass is 32.1. The largest absolute Gasteiger partial charge is 0.355 e. The van der Waals surface area contributed by atoms with Crippen LogP contribution in [0.15, 0.2) is 53.9 Å². The smallest absolute Gasteiger partial charge is 0.224 e. The van der Waals surface area contributed by atoms with Crippen molar-refractivity contribution in [1.82, 2.24) is 19.9 Å². The first-order valence-electron chi connectivity index (χ1n) is 8.69. The van der Waals surface area contributed by atoms with Gasteiger partial charge < -0.3 is 5.32 Å². The van der Waals surface area contributed by atoms with Gasteiger partial charge in [-0.2, -0.15) is 4.98 Å². The highest BCUT2D eigenvalue weighted by Crippen LogP contribution is 2.21. The Morgan fingerprint density at radius 1 is 1.04 bits per heavy atom. The minimum absolute atomic E-state index is 0.122. The van der Waals surface area contributed by atoms with Crippen LogP contribution < -0.4 is 5.32 Å². The zero-order valence-electron chi connectivity index (χ0n) is 14.7. The van der Waals surface area contributed by atoms with E-state index in [1.807, 2.05) is 5.38 Å². The number of rotatable bonds is 6. The minimum Gasteiger partial charge on any atom is -0.355 e. The SMILES string of the molecule is O=C(Cc1ccc(F)cc1)NCCc1csc2nc(-c3ccc(F)cc3)nn12. The number of thiazole rings is 1. The highest BCUT2D eigenvalue weighted by Gasteiger charge is 2.12. The normalized spacial score (nSPS) is 11.1. The number of carbonyl (C=O) groups is 1. The number of nitrogens with one attached hydrogen (secondary N) is 1. The summed E-state index contributed by atoms with van der Waals surface area (Å²) in [5.41, 5.74) is 2.44. The first kappa shape index (κ1) is 18.2. The van der Waals surface area contributed by atoms with E-state index in [0.717, 1.165) is 21.8 Å². The molecule has 0 radical (unpaired) electrons. The van der Waals surface area contributed by atoms with Crippen LogP contribution in [0.4, 0.5) is 8.78 Å². The highest BCUT2D eigenvalue weighted by molar-refractivity contribution is 7.15. The minimum atomic E-state index is -0.321. The summed E-state index contributed by atoms with van der Waals surface area (Å²) < 4.78 is 27.7. The fourth-order valence-electron chi connectivity index (χ4n) is 2.80. The molecule has 0 saturated carbocycles. The van der Waals surface area contributed by atoms with Crippen molar-refractivity contribution in [3.05, 3.63) is 76.8 Å². The number of amides is 1. The van der Waals surface area contributed by atoms with Crippen LogP contribution in [-0.2, 0) is 17.6 Å². The number of hydrogen-bond acceptors (Lipinski definition) is 4. The van der Waals surface area contributed by atoms with Gasteiger partial charge in [0.1, 0.15) is 11.6 Å². The van der Waals surface area contributed by atoms with Crippen molar-refractivity contribution in [3.63, 3.8) is 0 Å². The standard InChI is InChI=1S/C20H16F2N4OS/c21-15-5-1-13(2-6-15)11-18(27)23-10-9-17-12-28-20-24-19(25-26(17)20)14-3-7-16(22)8-4-14/h1-8,12H,9-11H2,(H,23,27). The van der Waals surface area contributed by atoms with Gasteiger partial charge in [0.15, 0.2) is 5.82 Å². The number of fused-ring (bicyclic) bond motifs is 1. The maximum atomic E-state index is 13.1. The molecular weight excluding hydrogens is 382 g/mol. The number of hydrogen-bond donors (Lipinski definition) is 1. The van der Waals surface area contributed by atoms with Gasteiger partial charge in [-0.1, -0.05) is 12.1 Å². The Kier molecular flexibility index (Phi) is 5.12. The third-order valence-corrected chi connectivity index (χ3v) is 5.10. The number of benzene rings is 2. The Labute approximate surface area is 163 Å². The second-order valence-corrected chi connectivity index (χ2v) is 7.10. The van der Waals surface area contributed by atoms with Crippen molar-refractivity contribution in [2.75, 3.05) is 6.54 Å². The molecule has 1 N–H and O–H groups in total. The second-order valence-electron chi connectivity index (χ2n) is 6.27. The first-order chi connectivity index (χ1) is 13.6. The van der Waals surface area contributed by atoms with E-state index in [1.54, 1.807) is 28.8 Å². The predicted molar refractivity (Wildman–Crippen MR) is 103 cm³/mol. The van der Waals surface area contributed by atoms with E-state index in [9.17, 15) is 13.6 Å². The molecule has 0 aliphatic heterocycles. The molecule has 0 saturated heterocycles. The van der Waals surface area contributed by atoms with Gasteiger partial charge in [-0.05, 0) is 42.0 Å². The second kappa shape index (κ2) is 7.85. The molecule has 0 aliphatic carbocycles. The van der Waals surface area contributed by atoms with Gasteiger partial charge in [-0.3, -0.25) is 4.79 Å². The monoisotopic (exact) mass is 398 g/mol. The average Bonchev–Trinajstić information content (AvgIpc) is 3.26. The Balaban J connectivity index is 1.37. The third kappa shape index (κ3) is 4.07. The summed E-state index contributed by atoms with van der Waals surface area (Å²) >= 11 is 1.46. The van der Waals surface area contributed by atoms with Crippen molar-refractivity contribution in [2.24, 2.45) is 0 Å². The summed E-state index contributed by atoms with van der Waals surface area (Å²) in [7, 11) is 0. The van der Waals surface area contributed by atoms with E-state index in [2.05, 4.69) is 15.4 Å². The summed E-state index contributed by atoms with van der Waals surface area (Å²) in [6.45, 7) is 0.456. The van der Waals surface area contributed by atoms with Gasteiger partial charge in [-0.15, -0.1) is 16.4 Å². The molecule has 2 aromatic heterocycles. The van der Waals surface area contributed by atoms with E-state index in [-0.39, 0.29) is 24.0 Å². The van der Waals surface area contributed by atoms with Gasteiger partial charge in [0.05, 0.1) is 12.1 Å². The van der Waals surface area contributed by atoms with Crippen LogP contribution in [0.2, 0.25) is 0 Å². The zero-order chi connectivity index (χ0) is 19.5. The molecule has 2 aromatic carbocycles. The topological polar surface area (TPSA) is 59.3 Å². The van der Waals surface area contributed by atoms with Gasteiger partial charge in [0, 0.05) is 23.9 Å². The van der Waals surface area contributed by atoms with Crippen molar-refractivity contribution in [2.45, 2.75) is 12.8 Å². The van der Waals surface area contributed by atoms with Crippen LogP contribution in [0.3, 0.4) is 0 Å². The molecule has 5 nitrogen and oxygen atoms in total. The molecule has 0 fully saturated rings. The Morgan fingerprint density at radius 2 is 1.71 bits per heavy atom. The van der Waals surface area contributed by atoms with Gasteiger partial charge in [-0.25, -0.2) is 13.3 Å². The summed E-state index contributed by atoms with van der Waals surface area (Å²) in [6, 6.07) is 11.9. The number of halogens is 2. The molecule has 0 aliphatic rings. The fraction of sp³-hybridized carbons (Fsp3) is 0.150. The lowest BCUT2D eigenvalue weighted by molar-refractivity contribution is -0.120. The Bertz CT molecular complexity index is 1100. The molecule has 0 spiro atoms. The van der Waals surface area contributed by atoms with E-state index in [1.165, 1.54) is 35.6 Å². The predicted octanol–water partition coefficient (Wildman–Crippen LogP) is 3.64. The molecule has 4 aromatic rings. The van der Waals surface area contributed by atoms with Crippen LogP contribution in [0, 0.1) is 11.6 Å². The van der Waals surface area contributed by atoms with E-state index in [0.29, 0.717) is 18.8 Å². The van der Waals surface area contributed by atoms with E-state index >= 15 is 0 Å². The lowest BCUT2D eigenvalue weighted by Gasteiger charge is -2.05. The lowest BCUT2D eigenvalue weighted by Crippen LogP contribution is -2.27. The molecule has 1 amide bonds. The van der Waals surface area contributed by atoms with E-state index < -0.39 is 0 Å². The first-order valence-corrected chi connectivity index (χ1v) is 9.57. The molecule has 0 bridgehead atoms. The van der Waals surface area contributed by atoms with Crippen molar-refractivity contribution < 1.29 is 13.6 Å². The van der Waals surface area contributed by atoms with Crippen molar-refractivity contribution in [1.29, 1.82) is 0 Å². The maximum absolute atomic E-state index is 13.1. The molecular formula is C20H16F2N4OS. The van der Waals surface area contributed by atoms with Crippen molar-refractivity contribution >= 4 is 22.2 Å². The number of nitrogens with zero attached hydrogens (tertiary/aromatic N) is 3. The molecule has 4 rings (SSSR count). The fourth-order valence-corrected chi connectivity index (χ4v) is 3.65. The summed E-state index contributed by atoms with van der Waals surface area (Å²) in [5, 5.41) is 9.31. The quantitative estimate of drug-likeness (QED) is 0.540. The maximum Gasteiger partial charge on any atom is 0.224 e. The van der Waals surface area contributed by atoms with Gasteiger partial charge >= 0.3 is 0 Å². The summed E-state index contributed by atoms with van der Waals surface area (Å²) in [4.78, 5) is 17.3. The zero-order valence-corrected chi connectivity index (χ0v) is 15.5. The molecule has 0 unspecified atom stereocenters. The van der Waals surface area contributed by atoms with Crippen LogP contribution in [0.25, 0.3) is 16.3 Å².